The second kappa shape index (κ2) is 8.97. The van der Waals surface area contributed by atoms with Gasteiger partial charge in [-0.2, -0.15) is 0 Å². The number of carbonyl (C=O) groups is 2. The summed E-state index contributed by atoms with van der Waals surface area (Å²) < 4.78 is 0. The quantitative estimate of drug-likeness (QED) is 0.483. The monoisotopic (exact) mass is 293 g/mol. The van der Waals surface area contributed by atoms with E-state index in [4.69, 9.17) is 10.8 Å². The number of benzene rings is 1. The van der Waals surface area contributed by atoms with E-state index < -0.39 is 0 Å². The highest BCUT2D eigenvalue weighted by atomic mass is 16.3. The molecule has 116 valence electrons. The number of amides is 2. The van der Waals surface area contributed by atoms with Crippen LogP contribution < -0.4 is 11.1 Å². The first-order valence-corrected chi connectivity index (χ1v) is 7.03. The van der Waals surface area contributed by atoms with Crippen molar-refractivity contribution >= 4 is 17.5 Å². The van der Waals surface area contributed by atoms with E-state index in [0.717, 1.165) is 19.3 Å². The summed E-state index contributed by atoms with van der Waals surface area (Å²) in [6.07, 6.45) is 2.47. The van der Waals surface area contributed by atoms with Gasteiger partial charge in [-0.15, -0.1) is 0 Å². The minimum atomic E-state index is -0.294. The number of nitrogens with one attached hydrogen (secondary N) is 1. The van der Waals surface area contributed by atoms with Gasteiger partial charge in [-0.05, 0) is 43.5 Å². The number of hydrogen-bond acceptors (Lipinski definition) is 4. The van der Waals surface area contributed by atoms with Crippen LogP contribution in [0, 0.1) is 0 Å². The summed E-state index contributed by atoms with van der Waals surface area (Å²) in [6, 6.07) is 6.52. The molecule has 0 saturated carbocycles. The largest absolute Gasteiger partial charge is 0.399 e. The Bertz CT molecular complexity index is 460. The van der Waals surface area contributed by atoms with E-state index in [-0.39, 0.29) is 25.0 Å². The second-order valence-electron chi connectivity index (χ2n) is 4.90. The van der Waals surface area contributed by atoms with Crippen molar-refractivity contribution in [2.75, 3.05) is 32.5 Å². The number of nitrogens with zero attached hydrogens (tertiary/aromatic N) is 1. The fourth-order valence-electron chi connectivity index (χ4n) is 1.79. The SMILES string of the molecule is CN(CCCCCO)C(=O)CNC(=O)c1ccc(N)cc1. The van der Waals surface area contributed by atoms with E-state index in [2.05, 4.69) is 5.32 Å². The summed E-state index contributed by atoms with van der Waals surface area (Å²) in [4.78, 5) is 25.3. The molecule has 4 N–H and O–H groups in total. The molecule has 2 amide bonds. The van der Waals surface area contributed by atoms with Crippen LogP contribution in [0.15, 0.2) is 24.3 Å². The Labute approximate surface area is 124 Å². The zero-order valence-corrected chi connectivity index (χ0v) is 12.3. The average molecular weight is 293 g/mol. The van der Waals surface area contributed by atoms with Gasteiger partial charge in [-0.1, -0.05) is 0 Å². The van der Waals surface area contributed by atoms with Crippen LogP contribution in [0.1, 0.15) is 29.6 Å². The zero-order chi connectivity index (χ0) is 15.7. The van der Waals surface area contributed by atoms with Crippen LogP contribution in [0.2, 0.25) is 0 Å². The molecule has 0 bridgehead atoms. The third-order valence-electron chi connectivity index (χ3n) is 3.15. The van der Waals surface area contributed by atoms with Gasteiger partial charge in [-0.25, -0.2) is 0 Å². The molecule has 0 aliphatic carbocycles. The van der Waals surface area contributed by atoms with Gasteiger partial charge < -0.3 is 21.1 Å². The van der Waals surface area contributed by atoms with Gasteiger partial charge >= 0.3 is 0 Å². The van der Waals surface area contributed by atoms with Gasteiger partial charge in [0.25, 0.3) is 5.91 Å². The van der Waals surface area contributed by atoms with Gasteiger partial charge in [0.05, 0.1) is 6.54 Å². The zero-order valence-electron chi connectivity index (χ0n) is 12.3. The number of rotatable bonds is 8. The highest BCUT2D eigenvalue weighted by molar-refractivity contribution is 5.96. The number of carbonyl (C=O) groups excluding carboxylic acids is 2. The number of nitrogen functional groups attached to an aromatic ring is 1. The Kier molecular flexibility index (Phi) is 7.25. The predicted octanol–water partition coefficient (Wildman–Crippen LogP) is 0.620. The normalized spacial score (nSPS) is 10.2. The van der Waals surface area contributed by atoms with Crippen molar-refractivity contribution in [3.05, 3.63) is 29.8 Å². The van der Waals surface area contributed by atoms with Crippen LogP contribution in [-0.2, 0) is 4.79 Å². The predicted molar refractivity (Wildman–Crippen MR) is 81.8 cm³/mol. The number of likely N-dealkylation sites (N-methyl/N-ethyl adjacent to an activating group) is 1. The van der Waals surface area contributed by atoms with Crippen molar-refractivity contribution in [1.29, 1.82) is 0 Å². The third-order valence-corrected chi connectivity index (χ3v) is 3.15. The first kappa shape index (κ1) is 17.0. The van der Waals surface area contributed by atoms with E-state index >= 15 is 0 Å². The lowest BCUT2D eigenvalue weighted by molar-refractivity contribution is -0.128. The maximum Gasteiger partial charge on any atom is 0.251 e. The molecule has 0 saturated heterocycles. The van der Waals surface area contributed by atoms with E-state index in [1.807, 2.05) is 0 Å². The van der Waals surface area contributed by atoms with Crippen LogP contribution in [0.3, 0.4) is 0 Å². The molecule has 0 atom stereocenters. The third kappa shape index (κ3) is 6.27. The topological polar surface area (TPSA) is 95.7 Å². The lowest BCUT2D eigenvalue weighted by Crippen LogP contribution is -2.38. The molecule has 0 aliphatic rings. The van der Waals surface area contributed by atoms with E-state index in [1.165, 1.54) is 0 Å². The fourth-order valence-corrected chi connectivity index (χ4v) is 1.79. The Morgan fingerprint density at radius 2 is 1.86 bits per heavy atom. The number of aliphatic hydroxyl groups excluding tert-OH is 1. The lowest BCUT2D eigenvalue weighted by Gasteiger charge is -2.17. The number of nitrogens with two attached hydrogens (primary N) is 1. The Balaban J connectivity index is 2.31. The molecular formula is C15H23N3O3. The molecule has 6 nitrogen and oxygen atoms in total. The average Bonchev–Trinajstić information content (AvgIpc) is 2.49. The van der Waals surface area contributed by atoms with Crippen LogP contribution >= 0.6 is 0 Å². The van der Waals surface area contributed by atoms with E-state index in [0.29, 0.717) is 17.8 Å². The van der Waals surface area contributed by atoms with Crippen LogP contribution in [0.25, 0.3) is 0 Å². The smallest absolute Gasteiger partial charge is 0.251 e. The van der Waals surface area contributed by atoms with Crippen molar-refractivity contribution in [2.24, 2.45) is 0 Å². The molecule has 1 aromatic carbocycles. The number of hydrogen-bond donors (Lipinski definition) is 3. The maximum atomic E-state index is 11.8. The van der Waals surface area contributed by atoms with Gasteiger partial charge in [0.1, 0.15) is 0 Å². The standard InChI is InChI=1S/C15H23N3O3/c1-18(9-3-2-4-10-19)14(20)11-17-15(21)12-5-7-13(16)8-6-12/h5-8,19H,2-4,9-11,16H2,1H3,(H,17,21). The number of unbranched alkanes of at least 4 members (excludes halogenated alkanes) is 2. The Morgan fingerprint density at radius 1 is 1.19 bits per heavy atom. The summed E-state index contributed by atoms with van der Waals surface area (Å²) in [7, 11) is 1.71. The Hall–Kier alpha value is -2.08. The summed E-state index contributed by atoms with van der Waals surface area (Å²) in [6.45, 7) is 0.769. The van der Waals surface area contributed by atoms with Crippen LogP contribution in [-0.4, -0.2) is 48.6 Å². The van der Waals surface area contributed by atoms with Crippen molar-refractivity contribution in [3.63, 3.8) is 0 Å². The molecule has 0 heterocycles. The molecule has 0 aliphatic heterocycles. The summed E-state index contributed by atoms with van der Waals surface area (Å²) in [5, 5.41) is 11.3. The van der Waals surface area contributed by atoms with Crippen molar-refractivity contribution in [1.82, 2.24) is 10.2 Å². The number of aliphatic hydroxyl groups is 1. The van der Waals surface area contributed by atoms with Crippen LogP contribution in [0.5, 0.6) is 0 Å². The summed E-state index contributed by atoms with van der Waals surface area (Å²) >= 11 is 0. The van der Waals surface area contributed by atoms with Crippen molar-refractivity contribution in [2.45, 2.75) is 19.3 Å². The maximum absolute atomic E-state index is 11.8. The first-order chi connectivity index (χ1) is 10.0. The molecule has 0 spiro atoms. The highest BCUT2D eigenvalue weighted by Gasteiger charge is 2.11. The summed E-state index contributed by atoms with van der Waals surface area (Å²) in [5.41, 5.74) is 6.61. The van der Waals surface area contributed by atoms with Crippen LogP contribution in [0.4, 0.5) is 5.69 Å². The molecule has 0 unspecified atom stereocenters. The molecule has 21 heavy (non-hydrogen) atoms. The fraction of sp³-hybridized carbons (Fsp3) is 0.467. The van der Waals surface area contributed by atoms with Gasteiger partial charge in [0.15, 0.2) is 0 Å². The molecule has 1 aromatic rings. The molecule has 1 rings (SSSR count). The van der Waals surface area contributed by atoms with E-state index in [9.17, 15) is 9.59 Å². The summed E-state index contributed by atoms with van der Waals surface area (Å²) in [5.74, 6) is -0.431. The molecule has 0 radical (unpaired) electrons. The second-order valence-corrected chi connectivity index (χ2v) is 4.90. The highest BCUT2D eigenvalue weighted by Crippen LogP contribution is 2.05. The van der Waals surface area contributed by atoms with Gasteiger partial charge in [0, 0.05) is 31.5 Å². The van der Waals surface area contributed by atoms with E-state index in [1.54, 1.807) is 36.2 Å². The first-order valence-electron chi connectivity index (χ1n) is 7.03. The van der Waals surface area contributed by atoms with Gasteiger partial charge in [-0.3, -0.25) is 9.59 Å². The van der Waals surface area contributed by atoms with Gasteiger partial charge in [0.2, 0.25) is 5.91 Å². The minimum absolute atomic E-state index is 0.0281. The van der Waals surface area contributed by atoms with Crippen molar-refractivity contribution in [3.8, 4) is 0 Å². The molecule has 6 heteroatoms. The molecular weight excluding hydrogens is 270 g/mol. The molecule has 0 fully saturated rings. The number of anilines is 1. The Morgan fingerprint density at radius 3 is 2.48 bits per heavy atom. The van der Waals surface area contributed by atoms with Crippen molar-refractivity contribution < 1.29 is 14.7 Å². The lowest BCUT2D eigenvalue weighted by atomic mass is 10.2. The molecule has 0 aromatic heterocycles. The minimum Gasteiger partial charge on any atom is -0.399 e.